The molecule has 8 heteroatoms. The molecule has 4 aromatic carbocycles. The van der Waals surface area contributed by atoms with E-state index < -0.39 is 0 Å². The Morgan fingerprint density at radius 3 is 1.41 bits per heavy atom. The van der Waals surface area contributed by atoms with E-state index in [0.29, 0.717) is 38.6 Å². The first-order chi connectivity index (χ1) is 16.2. The fourth-order valence-corrected chi connectivity index (χ4v) is 3.66. The lowest BCUT2D eigenvalue weighted by Gasteiger charge is -2.14. The Kier molecular flexibility index (Phi) is 7.99. The first-order valence-electron chi connectivity index (χ1n) is 10.2. The molecular weight excluding hydrogens is 471 g/mol. The van der Waals surface area contributed by atoms with E-state index in [-0.39, 0.29) is 0 Å². The Balaban J connectivity index is 0.000000192. The van der Waals surface area contributed by atoms with Gasteiger partial charge in [-0.2, -0.15) is 0 Å². The second-order valence-corrected chi connectivity index (χ2v) is 8.18. The maximum Gasteiger partial charge on any atom is 0.184 e. The number of anilines is 4. The molecule has 0 unspecified atom stereocenters. The van der Waals surface area contributed by atoms with Crippen LogP contribution in [-0.2, 0) is 0 Å². The molecule has 0 aliphatic heterocycles. The van der Waals surface area contributed by atoms with Crippen LogP contribution in [0.4, 0.5) is 22.7 Å². The van der Waals surface area contributed by atoms with Crippen molar-refractivity contribution in [3.63, 3.8) is 0 Å². The molecule has 0 spiro atoms. The van der Waals surface area contributed by atoms with Crippen LogP contribution in [0.15, 0.2) is 72.8 Å². The summed E-state index contributed by atoms with van der Waals surface area (Å²) in [7, 11) is 3.17. The molecular formula is C26H26Cl2N4O2. The lowest BCUT2D eigenvalue weighted by molar-refractivity contribution is 0.358. The van der Waals surface area contributed by atoms with E-state index in [2.05, 4.69) is 0 Å². The molecule has 4 rings (SSSR count). The fraction of sp³-hybridized carbons (Fsp3) is 0.0769. The molecule has 8 N–H and O–H groups in total. The molecule has 4 aromatic rings. The number of nitrogens with two attached hydrogens (primary N) is 4. The third kappa shape index (κ3) is 5.60. The van der Waals surface area contributed by atoms with E-state index >= 15 is 0 Å². The van der Waals surface area contributed by atoms with Gasteiger partial charge in [0.25, 0.3) is 0 Å². The second kappa shape index (κ2) is 10.9. The van der Waals surface area contributed by atoms with Crippen molar-refractivity contribution in [1.29, 1.82) is 0 Å². The van der Waals surface area contributed by atoms with Crippen LogP contribution in [0, 0.1) is 0 Å². The van der Waals surface area contributed by atoms with Crippen molar-refractivity contribution in [2.75, 3.05) is 37.2 Å². The van der Waals surface area contributed by atoms with Gasteiger partial charge in [0.2, 0.25) is 0 Å². The molecule has 0 fully saturated rings. The largest absolute Gasteiger partial charge is 0.492 e. The van der Waals surface area contributed by atoms with Gasteiger partial charge in [0, 0.05) is 11.3 Å². The third-order valence-corrected chi connectivity index (χ3v) is 5.76. The number of halogens is 2. The van der Waals surface area contributed by atoms with Crippen LogP contribution in [-0.4, -0.2) is 14.2 Å². The molecule has 0 aliphatic carbocycles. The lowest BCUT2D eigenvalue weighted by atomic mass is 10.0. The van der Waals surface area contributed by atoms with Crippen molar-refractivity contribution < 1.29 is 9.47 Å². The van der Waals surface area contributed by atoms with Gasteiger partial charge in [-0.15, -0.1) is 0 Å². The summed E-state index contributed by atoms with van der Waals surface area (Å²) in [5, 5.41) is 1.07. The van der Waals surface area contributed by atoms with E-state index in [1.165, 1.54) is 0 Å². The van der Waals surface area contributed by atoms with Gasteiger partial charge in [-0.3, -0.25) is 0 Å². The standard InChI is InChI=1S/C14H16N2O2.C12H10Cl2N2/c1-17-13-11(7-8-12(16)14(13)18-2)9-3-5-10(15)6-4-9;13-9-5-7(1-3-11(9)15)8-2-4-12(16)10(14)6-8/h3-8H,15-16H2,1-2H3;1-6H,15-16H2. The monoisotopic (exact) mass is 496 g/mol. The van der Waals surface area contributed by atoms with Gasteiger partial charge in [0.05, 0.1) is 41.3 Å². The number of ether oxygens (including phenoxy) is 2. The smallest absolute Gasteiger partial charge is 0.184 e. The van der Waals surface area contributed by atoms with Gasteiger partial charge in [-0.1, -0.05) is 47.5 Å². The number of hydrogen-bond acceptors (Lipinski definition) is 6. The zero-order valence-corrected chi connectivity index (χ0v) is 20.3. The summed E-state index contributed by atoms with van der Waals surface area (Å²) in [5.41, 5.74) is 29.1. The minimum absolute atomic E-state index is 0.533. The van der Waals surface area contributed by atoms with Crippen molar-refractivity contribution in [3.8, 4) is 33.8 Å². The van der Waals surface area contributed by atoms with Gasteiger partial charge in [0.1, 0.15) is 0 Å². The zero-order chi connectivity index (χ0) is 24.8. The van der Waals surface area contributed by atoms with E-state index in [9.17, 15) is 0 Å². The van der Waals surface area contributed by atoms with Crippen molar-refractivity contribution in [2.45, 2.75) is 0 Å². The minimum Gasteiger partial charge on any atom is -0.492 e. The summed E-state index contributed by atoms with van der Waals surface area (Å²) in [5.74, 6) is 1.18. The first kappa shape index (κ1) is 24.9. The quantitative estimate of drug-likeness (QED) is 0.243. The summed E-state index contributed by atoms with van der Waals surface area (Å²) in [6.07, 6.45) is 0. The number of methoxy groups -OCH3 is 2. The Morgan fingerprint density at radius 2 is 0.971 bits per heavy atom. The Labute approximate surface area is 209 Å². The van der Waals surface area contributed by atoms with Crippen LogP contribution in [0.5, 0.6) is 11.5 Å². The molecule has 34 heavy (non-hydrogen) atoms. The molecule has 0 atom stereocenters. The van der Waals surface area contributed by atoms with Gasteiger partial charge in [-0.05, 0) is 65.2 Å². The molecule has 0 aromatic heterocycles. The van der Waals surface area contributed by atoms with Crippen LogP contribution < -0.4 is 32.4 Å². The van der Waals surface area contributed by atoms with Gasteiger partial charge < -0.3 is 32.4 Å². The maximum atomic E-state index is 5.95. The number of nitrogen functional groups attached to an aromatic ring is 4. The summed E-state index contributed by atoms with van der Waals surface area (Å²) in [4.78, 5) is 0. The van der Waals surface area contributed by atoms with Crippen molar-refractivity contribution >= 4 is 46.0 Å². The van der Waals surface area contributed by atoms with Crippen molar-refractivity contribution in [2.24, 2.45) is 0 Å². The van der Waals surface area contributed by atoms with Crippen LogP contribution in [0.2, 0.25) is 10.0 Å². The Hall–Kier alpha value is -3.74. The molecule has 0 saturated carbocycles. The highest BCUT2D eigenvalue weighted by molar-refractivity contribution is 6.34. The zero-order valence-electron chi connectivity index (χ0n) is 18.8. The number of hydrogen-bond donors (Lipinski definition) is 4. The molecule has 0 saturated heterocycles. The SMILES string of the molecule is COc1c(N)ccc(-c2ccc(N)cc2)c1OC.Nc1ccc(-c2ccc(N)c(Cl)c2)cc1Cl. The molecule has 0 amide bonds. The average molecular weight is 497 g/mol. The summed E-state index contributed by atoms with van der Waals surface area (Å²) >= 11 is 11.9. The van der Waals surface area contributed by atoms with Crippen LogP contribution >= 0.6 is 23.2 Å². The number of benzene rings is 4. The van der Waals surface area contributed by atoms with E-state index in [0.717, 1.165) is 27.9 Å². The Morgan fingerprint density at radius 1 is 0.529 bits per heavy atom. The predicted molar refractivity (Wildman–Crippen MR) is 145 cm³/mol. The topological polar surface area (TPSA) is 123 Å². The predicted octanol–water partition coefficient (Wildman–Crippen LogP) is 6.36. The van der Waals surface area contributed by atoms with Crippen molar-refractivity contribution in [3.05, 3.63) is 82.8 Å². The van der Waals surface area contributed by atoms with E-state index in [4.69, 9.17) is 55.6 Å². The van der Waals surface area contributed by atoms with Crippen LogP contribution in [0.25, 0.3) is 22.3 Å². The summed E-state index contributed by atoms with van der Waals surface area (Å²) in [6, 6.07) is 22.2. The highest BCUT2D eigenvalue weighted by Crippen LogP contribution is 2.41. The molecule has 0 heterocycles. The molecule has 0 radical (unpaired) electrons. The molecule has 0 aliphatic rings. The van der Waals surface area contributed by atoms with E-state index in [1.807, 2.05) is 42.5 Å². The first-order valence-corrected chi connectivity index (χ1v) is 11.0. The Bertz CT molecular complexity index is 1250. The summed E-state index contributed by atoms with van der Waals surface area (Å²) in [6.45, 7) is 0. The van der Waals surface area contributed by atoms with Gasteiger partial charge in [-0.25, -0.2) is 0 Å². The lowest BCUT2D eigenvalue weighted by Crippen LogP contribution is -1.98. The van der Waals surface area contributed by atoms with Crippen LogP contribution in [0.3, 0.4) is 0 Å². The molecule has 176 valence electrons. The van der Waals surface area contributed by atoms with Crippen LogP contribution in [0.1, 0.15) is 0 Å². The minimum atomic E-state index is 0.533. The van der Waals surface area contributed by atoms with Gasteiger partial charge >= 0.3 is 0 Å². The normalized spacial score (nSPS) is 10.2. The fourth-order valence-electron chi connectivity index (χ4n) is 3.29. The molecule has 6 nitrogen and oxygen atoms in total. The van der Waals surface area contributed by atoms with E-state index in [1.54, 1.807) is 44.6 Å². The molecule has 0 bridgehead atoms. The average Bonchev–Trinajstić information content (AvgIpc) is 2.83. The van der Waals surface area contributed by atoms with Gasteiger partial charge in [0.15, 0.2) is 11.5 Å². The third-order valence-electron chi connectivity index (χ3n) is 5.11. The second-order valence-electron chi connectivity index (χ2n) is 7.36. The summed E-state index contributed by atoms with van der Waals surface area (Å²) < 4.78 is 10.7. The number of rotatable bonds is 4. The maximum absolute atomic E-state index is 5.95. The van der Waals surface area contributed by atoms with Crippen molar-refractivity contribution in [1.82, 2.24) is 0 Å². The highest BCUT2D eigenvalue weighted by Gasteiger charge is 2.14. The highest BCUT2D eigenvalue weighted by atomic mass is 35.5.